The predicted molar refractivity (Wildman–Crippen MR) is 97.7 cm³/mol. The van der Waals surface area contributed by atoms with E-state index in [1.807, 2.05) is 0 Å². The first-order chi connectivity index (χ1) is 11.0. The summed E-state index contributed by atoms with van der Waals surface area (Å²) in [5, 5.41) is 2.69. The van der Waals surface area contributed by atoms with Crippen molar-refractivity contribution in [2.45, 2.75) is 50.0 Å². The van der Waals surface area contributed by atoms with Gasteiger partial charge >= 0.3 is 0 Å². The molecule has 1 aliphatic rings. The van der Waals surface area contributed by atoms with E-state index in [1.54, 1.807) is 19.1 Å². The Kier molecular flexibility index (Phi) is 8.15. The van der Waals surface area contributed by atoms with Crippen molar-refractivity contribution in [2.75, 3.05) is 11.9 Å². The number of sulfonamides is 1. The predicted octanol–water partition coefficient (Wildman–Crippen LogP) is 2.25. The molecule has 0 heterocycles. The molecule has 0 aliphatic heterocycles. The highest BCUT2D eigenvalue weighted by atomic mass is 35.5. The van der Waals surface area contributed by atoms with Crippen LogP contribution in [0.3, 0.4) is 0 Å². The Balaban J connectivity index is 0.00000288. The van der Waals surface area contributed by atoms with Crippen LogP contribution in [-0.2, 0) is 14.8 Å². The fraction of sp³-hybridized carbons (Fsp3) is 0.562. The Morgan fingerprint density at radius 2 is 1.83 bits per heavy atom. The molecule has 1 saturated carbocycles. The molecule has 4 N–H and O–H groups in total. The molecule has 6 nitrogen and oxygen atoms in total. The molecule has 1 unspecified atom stereocenters. The molecular weight excluding hydrogens is 350 g/mol. The van der Waals surface area contributed by atoms with Crippen molar-refractivity contribution in [1.29, 1.82) is 0 Å². The van der Waals surface area contributed by atoms with Crippen molar-refractivity contribution < 1.29 is 13.2 Å². The van der Waals surface area contributed by atoms with Crippen LogP contribution in [0.4, 0.5) is 5.69 Å². The summed E-state index contributed by atoms with van der Waals surface area (Å²) in [6, 6.07) is 5.96. The summed E-state index contributed by atoms with van der Waals surface area (Å²) in [6.07, 6.45) is 4.68. The third-order valence-corrected chi connectivity index (χ3v) is 5.80. The number of halogens is 1. The lowest BCUT2D eigenvalue weighted by Gasteiger charge is -2.23. The molecule has 2 rings (SSSR count). The number of carbonyl (C=O) groups excluding carboxylic acids is 1. The summed E-state index contributed by atoms with van der Waals surface area (Å²) < 4.78 is 27.7. The number of anilines is 1. The molecule has 0 spiro atoms. The van der Waals surface area contributed by atoms with Crippen LogP contribution < -0.4 is 15.8 Å². The van der Waals surface area contributed by atoms with Gasteiger partial charge in [0, 0.05) is 24.7 Å². The Bertz CT molecular complexity index is 628. The van der Waals surface area contributed by atoms with E-state index in [-0.39, 0.29) is 29.3 Å². The van der Waals surface area contributed by atoms with Gasteiger partial charge in [0.1, 0.15) is 0 Å². The molecule has 1 atom stereocenters. The molecule has 1 amide bonds. The van der Waals surface area contributed by atoms with E-state index in [0.29, 0.717) is 24.6 Å². The van der Waals surface area contributed by atoms with Gasteiger partial charge in [-0.3, -0.25) is 4.79 Å². The van der Waals surface area contributed by atoms with Crippen molar-refractivity contribution >= 4 is 34.0 Å². The zero-order valence-electron chi connectivity index (χ0n) is 13.8. The standard InChI is InChI=1S/C16H25N3O3S.ClH/c1-2-16(20)18-13-7-9-14(10-8-13)23(21,22)19-15(11-17)12-5-3-4-6-12;/h7-10,12,15,19H,2-6,11,17H2,1H3,(H,18,20);1H. The Morgan fingerprint density at radius 3 is 2.33 bits per heavy atom. The monoisotopic (exact) mass is 375 g/mol. The van der Waals surface area contributed by atoms with E-state index >= 15 is 0 Å². The highest BCUT2D eigenvalue weighted by molar-refractivity contribution is 7.89. The Labute approximate surface area is 150 Å². The maximum atomic E-state index is 12.5. The normalized spacial score (nSPS) is 16.4. The summed E-state index contributed by atoms with van der Waals surface area (Å²) in [6.45, 7) is 2.06. The van der Waals surface area contributed by atoms with Gasteiger partial charge in [-0.05, 0) is 43.0 Å². The lowest BCUT2D eigenvalue weighted by atomic mass is 9.99. The first kappa shape index (κ1) is 20.9. The van der Waals surface area contributed by atoms with Gasteiger partial charge in [-0.2, -0.15) is 0 Å². The minimum absolute atomic E-state index is 0. The molecular formula is C16H26ClN3O3S. The van der Waals surface area contributed by atoms with Gasteiger partial charge in [0.25, 0.3) is 0 Å². The van der Waals surface area contributed by atoms with Crippen LogP contribution >= 0.6 is 12.4 Å². The average Bonchev–Trinajstić information content (AvgIpc) is 3.07. The fourth-order valence-corrected chi connectivity index (χ4v) is 4.25. The van der Waals surface area contributed by atoms with E-state index in [4.69, 9.17) is 5.73 Å². The van der Waals surface area contributed by atoms with Gasteiger partial charge in [0.2, 0.25) is 15.9 Å². The van der Waals surface area contributed by atoms with Crippen LogP contribution in [0.25, 0.3) is 0 Å². The second-order valence-corrected chi connectivity index (χ2v) is 7.65. The van der Waals surface area contributed by atoms with E-state index in [2.05, 4.69) is 10.0 Å². The van der Waals surface area contributed by atoms with Gasteiger partial charge in [-0.25, -0.2) is 13.1 Å². The van der Waals surface area contributed by atoms with E-state index < -0.39 is 10.0 Å². The minimum Gasteiger partial charge on any atom is -0.329 e. The second-order valence-electron chi connectivity index (χ2n) is 5.93. The zero-order valence-corrected chi connectivity index (χ0v) is 15.5. The summed E-state index contributed by atoms with van der Waals surface area (Å²) in [4.78, 5) is 11.5. The Morgan fingerprint density at radius 1 is 1.25 bits per heavy atom. The number of rotatable bonds is 7. The van der Waals surface area contributed by atoms with Crippen molar-refractivity contribution in [1.82, 2.24) is 4.72 Å². The van der Waals surface area contributed by atoms with Gasteiger partial charge < -0.3 is 11.1 Å². The zero-order chi connectivity index (χ0) is 16.9. The quantitative estimate of drug-likeness (QED) is 0.680. The Hall–Kier alpha value is -1.15. The van der Waals surface area contributed by atoms with Crippen LogP contribution in [0.5, 0.6) is 0 Å². The van der Waals surface area contributed by atoms with Crippen LogP contribution in [0.2, 0.25) is 0 Å². The first-order valence-corrected chi connectivity index (χ1v) is 9.57. The van der Waals surface area contributed by atoms with E-state index in [1.165, 1.54) is 12.1 Å². The molecule has 0 saturated heterocycles. The maximum Gasteiger partial charge on any atom is 0.240 e. The number of carbonyl (C=O) groups is 1. The molecule has 1 aliphatic carbocycles. The SMILES string of the molecule is CCC(=O)Nc1ccc(S(=O)(=O)NC(CN)C2CCCC2)cc1.Cl. The average molecular weight is 376 g/mol. The largest absolute Gasteiger partial charge is 0.329 e. The molecule has 1 aromatic carbocycles. The molecule has 0 bridgehead atoms. The third-order valence-electron chi connectivity index (χ3n) is 4.30. The number of hydrogen-bond donors (Lipinski definition) is 3. The highest BCUT2D eigenvalue weighted by Gasteiger charge is 2.28. The van der Waals surface area contributed by atoms with Gasteiger partial charge in [-0.15, -0.1) is 12.4 Å². The smallest absolute Gasteiger partial charge is 0.240 e. The van der Waals surface area contributed by atoms with Crippen molar-refractivity contribution in [3.63, 3.8) is 0 Å². The number of amides is 1. The molecule has 8 heteroatoms. The van der Waals surface area contributed by atoms with Crippen LogP contribution in [0.1, 0.15) is 39.0 Å². The van der Waals surface area contributed by atoms with Crippen molar-refractivity contribution in [3.05, 3.63) is 24.3 Å². The molecule has 136 valence electrons. The lowest BCUT2D eigenvalue weighted by Crippen LogP contribution is -2.44. The first-order valence-electron chi connectivity index (χ1n) is 8.08. The highest BCUT2D eigenvalue weighted by Crippen LogP contribution is 2.28. The van der Waals surface area contributed by atoms with Gasteiger partial charge in [0.15, 0.2) is 0 Å². The number of nitrogens with one attached hydrogen (secondary N) is 2. The topological polar surface area (TPSA) is 101 Å². The van der Waals surface area contributed by atoms with Crippen molar-refractivity contribution in [2.24, 2.45) is 11.7 Å². The number of hydrogen-bond acceptors (Lipinski definition) is 4. The molecule has 24 heavy (non-hydrogen) atoms. The van der Waals surface area contributed by atoms with E-state index in [0.717, 1.165) is 25.7 Å². The van der Waals surface area contributed by atoms with E-state index in [9.17, 15) is 13.2 Å². The van der Waals surface area contributed by atoms with Gasteiger partial charge in [-0.1, -0.05) is 19.8 Å². The molecule has 1 fully saturated rings. The fourth-order valence-electron chi connectivity index (χ4n) is 2.93. The van der Waals surface area contributed by atoms with Crippen molar-refractivity contribution in [3.8, 4) is 0 Å². The van der Waals surface area contributed by atoms with Crippen LogP contribution in [0.15, 0.2) is 29.2 Å². The summed E-state index contributed by atoms with van der Waals surface area (Å²) in [5.74, 6) is 0.209. The molecule has 0 aromatic heterocycles. The number of nitrogens with two attached hydrogens (primary N) is 1. The molecule has 0 radical (unpaired) electrons. The summed E-state index contributed by atoms with van der Waals surface area (Å²) >= 11 is 0. The second kappa shape index (κ2) is 9.36. The maximum absolute atomic E-state index is 12.5. The molecule has 1 aromatic rings. The lowest BCUT2D eigenvalue weighted by molar-refractivity contribution is -0.115. The summed E-state index contributed by atoms with van der Waals surface area (Å²) in [7, 11) is -3.60. The minimum atomic E-state index is -3.60. The van der Waals surface area contributed by atoms with Gasteiger partial charge in [0.05, 0.1) is 4.90 Å². The summed E-state index contributed by atoms with van der Waals surface area (Å²) in [5.41, 5.74) is 6.34. The third kappa shape index (κ3) is 5.44. The number of benzene rings is 1. The van der Waals surface area contributed by atoms with Crippen LogP contribution in [0, 0.1) is 5.92 Å². The van der Waals surface area contributed by atoms with Crippen LogP contribution in [-0.4, -0.2) is 26.9 Å².